The van der Waals surface area contributed by atoms with Crippen LogP contribution in [0.1, 0.15) is 5.69 Å². The summed E-state index contributed by atoms with van der Waals surface area (Å²) in [6.45, 7) is 0. The minimum atomic E-state index is -1.15. The van der Waals surface area contributed by atoms with E-state index in [-0.39, 0.29) is 6.42 Å². The van der Waals surface area contributed by atoms with E-state index in [1.807, 2.05) is 22.9 Å². The van der Waals surface area contributed by atoms with Crippen LogP contribution in [0.15, 0.2) is 22.9 Å². The zero-order chi connectivity index (χ0) is 11.5. The summed E-state index contributed by atoms with van der Waals surface area (Å²) in [5.74, 6) is -0.717. The SMILES string of the molecule is NC(=O)[C@@H](O)Cc1csc(-c2cccs2)n1. The number of amides is 1. The quantitative estimate of drug-likeness (QED) is 0.862. The molecular weight excluding hydrogens is 244 g/mol. The number of aliphatic hydroxyl groups excluding tert-OH is 1. The van der Waals surface area contributed by atoms with Crippen molar-refractivity contribution >= 4 is 28.6 Å². The Kier molecular flexibility index (Phi) is 3.33. The number of hydrogen-bond acceptors (Lipinski definition) is 5. The molecule has 0 radical (unpaired) electrons. The fourth-order valence-corrected chi connectivity index (χ4v) is 2.86. The summed E-state index contributed by atoms with van der Waals surface area (Å²) in [5, 5.41) is 14.0. The van der Waals surface area contributed by atoms with E-state index in [0.29, 0.717) is 5.69 Å². The number of thiophene rings is 1. The van der Waals surface area contributed by atoms with E-state index in [4.69, 9.17) is 5.73 Å². The highest BCUT2D eigenvalue weighted by molar-refractivity contribution is 7.20. The van der Waals surface area contributed by atoms with Crippen LogP contribution in [0.25, 0.3) is 9.88 Å². The molecule has 0 saturated heterocycles. The molecule has 2 heterocycles. The van der Waals surface area contributed by atoms with Crippen molar-refractivity contribution in [1.29, 1.82) is 0 Å². The minimum Gasteiger partial charge on any atom is -0.383 e. The van der Waals surface area contributed by atoms with E-state index in [1.54, 1.807) is 11.3 Å². The van der Waals surface area contributed by atoms with E-state index in [0.717, 1.165) is 9.88 Å². The van der Waals surface area contributed by atoms with Gasteiger partial charge >= 0.3 is 0 Å². The first-order chi connectivity index (χ1) is 7.66. The fraction of sp³-hybridized carbons (Fsp3) is 0.200. The first kappa shape index (κ1) is 11.3. The number of hydrogen-bond donors (Lipinski definition) is 2. The van der Waals surface area contributed by atoms with Gasteiger partial charge in [0.25, 0.3) is 0 Å². The van der Waals surface area contributed by atoms with Gasteiger partial charge in [0.15, 0.2) is 0 Å². The summed E-state index contributed by atoms with van der Waals surface area (Å²) < 4.78 is 0. The Labute approximate surface area is 100 Å². The van der Waals surface area contributed by atoms with Crippen molar-refractivity contribution < 1.29 is 9.90 Å². The summed E-state index contributed by atoms with van der Waals surface area (Å²) >= 11 is 3.11. The molecule has 0 bridgehead atoms. The molecule has 0 unspecified atom stereocenters. The Hall–Kier alpha value is -1.24. The lowest BCUT2D eigenvalue weighted by Crippen LogP contribution is -2.30. The Balaban J connectivity index is 2.11. The van der Waals surface area contributed by atoms with Gasteiger partial charge in [-0.3, -0.25) is 4.79 Å². The van der Waals surface area contributed by atoms with Gasteiger partial charge in [0.1, 0.15) is 11.1 Å². The van der Waals surface area contributed by atoms with Crippen LogP contribution in [-0.2, 0) is 11.2 Å². The molecule has 0 aliphatic rings. The highest BCUT2D eigenvalue weighted by Crippen LogP contribution is 2.27. The van der Waals surface area contributed by atoms with Crippen LogP contribution in [0.5, 0.6) is 0 Å². The molecule has 0 fully saturated rings. The van der Waals surface area contributed by atoms with E-state index in [1.165, 1.54) is 11.3 Å². The monoisotopic (exact) mass is 254 g/mol. The maximum atomic E-state index is 10.7. The van der Waals surface area contributed by atoms with E-state index >= 15 is 0 Å². The molecule has 1 amide bonds. The van der Waals surface area contributed by atoms with Gasteiger partial charge in [-0.05, 0) is 11.4 Å². The Morgan fingerprint density at radius 2 is 2.38 bits per heavy atom. The number of nitrogens with zero attached hydrogens (tertiary/aromatic N) is 1. The van der Waals surface area contributed by atoms with Crippen LogP contribution in [-0.4, -0.2) is 22.1 Å². The van der Waals surface area contributed by atoms with Crippen molar-refractivity contribution in [3.05, 3.63) is 28.6 Å². The van der Waals surface area contributed by atoms with Crippen LogP contribution in [0.2, 0.25) is 0 Å². The number of carbonyl (C=O) groups is 1. The largest absolute Gasteiger partial charge is 0.383 e. The van der Waals surface area contributed by atoms with Crippen molar-refractivity contribution in [3.63, 3.8) is 0 Å². The van der Waals surface area contributed by atoms with Crippen molar-refractivity contribution in [3.8, 4) is 9.88 Å². The van der Waals surface area contributed by atoms with Crippen LogP contribution in [0.4, 0.5) is 0 Å². The van der Waals surface area contributed by atoms with Crippen LogP contribution in [0.3, 0.4) is 0 Å². The molecule has 2 rings (SSSR count). The first-order valence-corrected chi connectivity index (χ1v) is 6.38. The smallest absolute Gasteiger partial charge is 0.246 e. The third-order valence-corrected chi connectivity index (χ3v) is 3.94. The predicted molar refractivity (Wildman–Crippen MR) is 64.3 cm³/mol. The lowest BCUT2D eigenvalue weighted by atomic mass is 10.2. The lowest BCUT2D eigenvalue weighted by Gasteiger charge is -2.02. The number of nitrogens with two attached hydrogens (primary N) is 1. The van der Waals surface area contributed by atoms with Crippen LogP contribution < -0.4 is 5.73 Å². The maximum absolute atomic E-state index is 10.7. The number of thiazole rings is 1. The number of primary amides is 1. The Morgan fingerprint density at radius 3 is 3.00 bits per heavy atom. The summed E-state index contributed by atoms with van der Waals surface area (Å²) in [6.07, 6.45) is -0.977. The molecule has 0 aliphatic carbocycles. The molecule has 6 heteroatoms. The minimum absolute atomic E-state index is 0.178. The van der Waals surface area contributed by atoms with Gasteiger partial charge in [0.2, 0.25) is 5.91 Å². The third-order valence-electron chi connectivity index (χ3n) is 2.01. The second-order valence-corrected chi connectivity index (χ2v) is 5.05. The van der Waals surface area contributed by atoms with Gasteiger partial charge in [0.05, 0.1) is 10.6 Å². The van der Waals surface area contributed by atoms with Gasteiger partial charge in [-0.1, -0.05) is 6.07 Å². The molecule has 0 aromatic carbocycles. The van der Waals surface area contributed by atoms with E-state index in [9.17, 15) is 9.90 Å². The number of rotatable bonds is 4. The topological polar surface area (TPSA) is 76.2 Å². The molecule has 2 aromatic rings. The Morgan fingerprint density at radius 1 is 1.56 bits per heavy atom. The van der Waals surface area contributed by atoms with Crippen molar-refractivity contribution in [2.24, 2.45) is 5.73 Å². The number of aromatic nitrogens is 1. The van der Waals surface area contributed by atoms with Crippen LogP contribution in [0, 0.1) is 0 Å². The van der Waals surface area contributed by atoms with Crippen molar-refractivity contribution in [2.45, 2.75) is 12.5 Å². The van der Waals surface area contributed by atoms with Gasteiger partial charge in [-0.15, -0.1) is 22.7 Å². The maximum Gasteiger partial charge on any atom is 0.246 e. The van der Waals surface area contributed by atoms with Crippen LogP contribution >= 0.6 is 22.7 Å². The zero-order valence-electron chi connectivity index (χ0n) is 8.29. The van der Waals surface area contributed by atoms with Gasteiger partial charge in [0, 0.05) is 11.8 Å². The summed E-state index contributed by atoms with van der Waals surface area (Å²) in [4.78, 5) is 16.1. The van der Waals surface area contributed by atoms with Gasteiger partial charge in [-0.2, -0.15) is 0 Å². The van der Waals surface area contributed by atoms with E-state index in [2.05, 4.69) is 4.98 Å². The normalized spacial score (nSPS) is 12.6. The van der Waals surface area contributed by atoms with Gasteiger partial charge in [-0.25, -0.2) is 4.98 Å². The molecule has 1 atom stereocenters. The molecule has 16 heavy (non-hydrogen) atoms. The van der Waals surface area contributed by atoms with Crippen molar-refractivity contribution in [2.75, 3.05) is 0 Å². The standard InChI is InChI=1S/C10H10N2O2S2/c11-9(14)7(13)4-6-5-16-10(12-6)8-2-1-3-15-8/h1-3,5,7,13H,4H2,(H2,11,14)/t7-/m0/s1. The second-order valence-electron chi connectivity index (χ2n) is 3.24. The zero-order valence-corrected chi connectivity index (χ0v) is 9.92. The average molecular weight is 254 g/mol. The molecule has 0 saturated carbocycles. The Bertz CT molecular complexity index is 479. The predicted octanol–water partition coefficient (Wildman–Crippen LogP) is 1.26. The molecule has 2 aromatic heterocycles. The highest BCUT2D eigenvalue weighted by atomic mass is 32.1. The number of carbonyl (C=O) groups excluding carboxylic acids is 1. The first-order valence-electron chi connectivity index (χ1n) is 4.62. The molecule has 0 aliphatic heterocycles. The molecule has 84 valence electrons. The highest BCUT2D eigenvalue weighted by Gasteiger charge is 2.14. The van der Waals surface area contributed by atoms with Crippen molar-refractivity contribution in [1.82, 2.24) is 4.98 Å². The third kappa shape index (κ3) is 2.46. The lowest BCUT2D eigenvalue weighted by molar-refractivity contribution is -0.125. The fourth-order valence-electron chi connectivity index (χ4n) is 1.21. The molecule has 3 N–H and O–H groups in total. The second kappa shape index (κ2) is 4.73. The average Bonchev–Trinajstić information content (AvgIpc) is 2.85. The van der Waals surface area contributed by atoms with E-state index < -0.39 is 12.0 Å². The van der Waals surface area contributed by atoms with Gasteiger partial charge < -0.3 is 10.8 Å². The summed E-state index contributed by atoms with van der Waals surface area (Å²) in [7, 11) is 0. The molecule has 4 nitrogen and oxygen atoms in total. The molecule has 0 spiro atoms. The summed E-state index contributed by atoms with van der Waals surface area (Å²) in [6, 6.07) is 3.94. The molecular formula is C10H10N2O2S2. The number of aliphatic hydroxyl groups is 1. The summed E-state index contributed by atoms with van der Waals surface area (Å²) in [5.41, 5.74) is 5.67.